The first-order valence-corrected chi connectivity index (χ1v) is 7.32. The summed E-state index contributed by atoms with van der Waals surface area (Å²) in [6.45, 7) is 5.10. The number of carbonyl (C=O) groups is 1. The van der Waals surface area contributed by atoms with Crippen molar-refractivity contribution in [1.29, 1.82) is 0 Å². The van der Waals surface area contributed by atoms with Gasteiger partial charge in [0.05, 0.1) is 13.1 Å². The maximum atomic E-state index is 11.9. The minimum Gasteiger partial charge on any atom is -0.327 e. The van der Waals surface area contributed by atoms with Crippen molar-refractivity contribution in [3.8, 4) is 0 Å². The highest BCUT2D eigenvalue weighted by molar-refractivity contribution is 9.10. The largest absolute Gasteiger partial charge is 0.327 e. The minimum absolute atomic E-state index is 0.112. The van der Waals surface area contributed by atoms with Crippen LogP contribution in [0.4, 0.5) is 5.69 Å². The quantitative estimate of drug-likeness (QED) is 0.875. The van der Waals surface area contributed by atoms with Crippen molar-refractivity contribution >= 4 is 27.5 Å². The monoisotopic (exact) mass is 311 g/mol. The lowest BCUT2D eigenvalue weighted by Crippen LogP contribution is -3.14. The van der Waals surface area contributed by atoms with Gasteiger partial charge in [0.15, 0.2) is 6.54 Å². The van der Waals surface area contributed by atoms with E-state index in [4.69, 9.17) is 0 Å². The van der Waals surface area contributed by atoms with Crippen molar-refractivity contribution in [3.05, 3.63) is 28.7 Å². The molecule has 0 aliphatic carbocycles. The van der Waals surface area contributed by atoms with Crippen LogP contribution in [-0.4, -0.2) is 25.5 Å². The van der Waals surface area contributed by atoms with Gasteiger partial charge >= 0.3 is 0 Å². The van der Waals surface area contributed by atoms with Crippen LogP contribution in [0.3, 0.4) is 0 Å². The predicted octanol–water partition coefficient (Wildman–Crippen LogP) is 1.70. The molecule has 1 fully saturated rings. The molecule has 1 heterocycles. The fraction of sp³-hybridized carbons (Fsp3) is 0.500. The number of anilines is 1. The summed E-state index contributed by atoms with van der Waals surface area (Å²) in [7, 11) is 0. The first-order chi connectivity index (χ1) is 8.63. The highest BCUT2D eigenvalue weighted by atomic mass is 79.9. The van der Waals surface area contributed by atoms with Crippen LogP contribution < -0.4 is 10.2 Å². The summed E-state index contributed by atoms with van der Waals surface area (Å²) in [5, 5.41) is 2.95. The predicted molar refractivity (Wildman–Crippen MR) is 76.7 cm³/mol. The Morgan fingerprint density at radius 1 is 1.44 bits per heavy atom. The number of likely N-dealkylation sites (tertiary alicyclic amines) is 1. The second-order valence-corrected chi connectivity index (χ2v) is 6.10. The topological polar surface area (TPSA) is 33.5 Å². The van der Waals surface area contributed by atoms with Gasteiger partial charge in [-0.25, -0.2) is 0 Å². The maximum Gasteiger partial charge on any atom is 0.279 e. The average molecular weight is 312 g/mol. The summed E-state index contributed by atoms with van der Waals surface area (Å²) >= 11 is 3.38. The van der Waals surface area contributed by atoms with Gasteiger partial charge in [0.1, 0.15) is 0 Å². The molecule has 0 aromatic heterocycles. The van der Waals surface area contributed by atoms with Gasteiger partial charge in [0, 0.05) is 16.1 Å². The number of nitrogens with one attached hydrogen (secondary N) is 2. The Morgan fingerprint density at radius 2 is 2.17 bits per heavy atom. The number of hydrogen-bond donors (Lipinski definition) is 2. The molecule has 2 rings (SSSR count). The first kappa shape index (κ1) is 13.6. The normalized spacial score (nSPS) is 23.7. The van der Waals surface area contributed by atoms with Crippen LogP contribution in [-0.2, 0) is 4.79 Å². The molecule has 0 spiro atoms. The zero-order chi connectivity index (χ0) is 13.0. The number of hydrogen-bond acceptors (Lipinski definition) is 1. The lowest BCUT2D eigenvalue weighted by molar-refractivity contribution is -0.900. The van der Waals surface area contributed by atoms with Crippen molar-refractivity contribution in [2.75, 3.05) is 25.0 Å². The van der Waals surface area contributed by atoms with Gasteiger partial charge < -0.3 is 10.2 Å². The second kappa shape index (κ2) is 6.34. The van der Waals surface area contributed by atoms with Gasteiger partial charge in [-0.05, 0) is 37.1 Å². The maximum absolute atomic E-state index is 11.9. The van der Waals surface area contributed by atoms with E-state index in [2.05, 4.69) is 28.2 Å². The molecule has 1 aliphatic rings. The molecule has 4 heteroatoms. The van der Waals surface area contributed by atoms with E-state index >= 15 is 0 Å². The summed E-state index contributed by atoms with van der Waals surface area (Å²) in [5.74, 6) is 0.857. The summed E-state index contributed by atoms with van der Waals surface area (Å²) in [5.41, 5.74) is 0.868. The third kappa shape index (κ3) is 4.10. The van der Waals surface area contributed by atoms with E-state index in [-0.39, 0.29) is 5.91 Å². The highest BCUT2D eigenvalue weighted by Gasteiger charge is 2.21. The highest BCUT2D eigenvalue weighted by Crippen LogP contribution is 2.13. The van der Waals surface area contributed by atoms with Crippen LogP contribution in [0.25, 0.3) is 0 Å². The lowest BCUT2D eigenvalue weighted by atomic mass is 10.0. The Morgan fingerprint density at radius 3 is 2.83 bits per heavy atom. The van der Waals surface area contributed by atoms with Crippen LogP contribution in [0.15, 0.2) is 28.7 Å². The number of benzene rings is 1. The van der Waals surface area contributed by atoms with Gasteiger partial charge in [-0.2, -0.15) is 0 Å². The number of amides is 1. The van der Waals surface area contributed by atoms with Crippen molar-refractivity contribution in [2.24, 2.45) is 5.92 Å². The summed E-state index contributed by atoms with van der Waals surface area (Å²) in [6, 6.07) is 7.70. The zero-order valence-corrected chi connectivity index (χ0v) is 12.3. The van der Waals surface area contributed by atoms with E-state index in [9.17, 15) is 4.79 Å². The molecule has 2 atom stereocenters. The molecule has 1 aromatic carbocycles. The van der Waals surface area contributed by atoms with E-state index in [0.717, 1.165) is 29.2 Å². The average Bonchev–Trinajstić information content (AvgIpc) is 2.32. The molecule has 1 amide bonds. The molecule has 98 valence electrons. The minimum atomic E-state index is 0.112. The van der Waals surface area contributed by atoms with Crippen molar-refractivity contribution in [3.63, 3.8) is 0 Å². The standard InChI is InChI=1S/C14H19BrN2O/c1-11-3-2-8-17(9-11)10-14(18)16-13-6-4-12(15)5-7-13/h4-7,11H,2-3,8-10H2,1H3,(H,16,18)/p+1/t11-/m0/s1. The fourth-order valence-corrected chi connectivity index (χ4v) is 2.79. The number of rotatable bonds is 3. The van der Waals surface area contributed by atoms with Crippen LogP contribution in [0.1, 0.15) is 19.8 Å². The van der Waals surface area contributed by atoms with E-state index < -0.39 is 0 Å². The SMILES string of the molecule is C[C@H]1CCC[NH+](CC(=O)Nc2ccc(Br)cc2)C1. The molecule has 2 N–H and O–H groups in total. The molecular formula is C14H20BrN2O+. The fourth-order valence-electron chi connectivity index (χ4n) is 2.52. The van der Waals surface area contributed by atoms with Crippen LogP contribution in [0, 0.1) is 5.92 Å². The van der Waals surface area contributed by atoms with Crippen LogP contribution in [0.5, 0.6) is 0 Å². The molecule has 1 saturated heterocycles. The van der Waals surface area contributed by atoms with Crippen molar-refractivity contribution < 1.29 is 9.69 Å². The van der Waals surface area contributed by atoms with Crippen LogP contribution in [0.2, 0.25) is 0 Å². The smallest absolute Gasteiger partial charge is 0.279 e. The molecule has 1 aliphatic heterocycles. The summed E-state index contributed by atoms with van der Waals surface area (Å²) in [4.78, 5) is 13.3. The van der Waals surface area contributed by atoms with E-state index in [1.807, 2.05) is 24.3 Å². The Balaban J connectivity index is 1.83. The van der Waals surface area contributed by atoms with Crippen molar-refractivity contribution in [1.82, 2.24) is 0 Å². The van der Waals surface area contributed by atoms with E-state index in [0.29, 0.717) is 6.54 Å². The molecule has 1 unspecified atom stereocenters. The Bertz CT molecular complexity index is 405. The Labute approximate surface area is 117 Å². The van der Waals surface area contributed by atoms with Gasteiger partial charge in [-0.15, -0.1) is 0 Å². The summed E-state index contributed by atoms with van der Waals surface area (Å²) in [6.07, 6.45) is 2.54. The first-order valence-electron chi connectivity index (χ1n) is 6.52. The number of quaternary nitrogens is 1. The van der Waals surface area contributed by atoms with Gasteiger partial charge in [-0.3, -0.25) is 4.79 Å². The van der Waals surface area contributed by atoms with Gasteiger partial charge in [0.2, 0.25) is 0 Å². The number of piperidine rings is 1. The van der Waals surface area contributed by atoms with E-state index in [1.165, 1.54) is 17.7 Å². The van der Waals surface area contributed by atoms with Gasteiger partial charge in [0.25, 0.3) is 5.91 Å². The van der Waals surface area contributed by atoms with Crippen LogP contribution >= 0.6 is 15.9 Å². The molecule has 3 nitrogen and oxygen atoms in total. The molecule has 0 saturated carbocycles. The molecular weight excluding hydrogens is 292 g/mol. The molecule has 0 bridgehead atoms. The van der Waals surface area contributed by atoms with Gasteiger partial charge in [-0.1, -0.05) is 22.9 Å². The van der Waals surface area contributed by atoms with E-state index in [1.54, 1.807) is 0 Å². The Kier molecular flexibility index (Phi) is 4.78. The van der Waals surface area contributed by atoms with Crippen molar-refractivity contribution in [2.45, 2.75) is 19.8 Å². The molecule has 18 heavy (non-hydrogen) atoms. The third-order valence-corrected chi connectivity index (χ3v) is 3.93. The Hall–Kier alpha value is -0.870. The number of carbonyl (C=O) groups excluding carboxylic acids is 1. The third-order valence-electron chi connectivity index (χ3n) is 3.40. The number of halogens is 1. The summed E-state index contributed by atoms with van der Waals surface area (Å²) < 4.78 is 1.02. The molecule has 1 aromatic rings. The zero-order valence-electron chi connectivity index (χ0n) is 10.7. The second-order valence-electron chi connectivity index (χ2n) is 5.18. The molecule has 0 radical (unpaired) electrons. The lowest BCUT2D eigenvalue weighted by Gasteiger charge is -2.27.